The topological polar surface area (TPSA) is 109 Å². The highest BCUT2D eigenvalue weighted by molar-refractivity contribution is 5.95. The van der Waals surface area contributed by atoms with Crippen molar-refractivity contribution in [3.05, 3.63) is 59.7 Å². The van der Waals surface area contributed by atoms with Crippen LogP contribution in [0.15, 0.2) is 48.5 Å². The SMILES string of the molecule is COC(=O)CN1C(=O)NCC1CCc1ccccc1-c1ccc(C(=N)N)cc1.Cl. The fourth-order valence-corrected chi connectivity index (χ4v) is 3.42. The number of nitrogen functional groups attached to an aromatic ring is 1. The lowest BCUT2D eigenvalue weighted by atomic mass is 9.94. The summed E-state index contributed by atoms with van der Waals surface area (Å²) in [6.45, 7) is 0.479. The van der Waals surface area contributed by atoms with Crippen molar-refractivity contribution in [2.45, 2.75) is 18.9 Å². The second-order valence-electron chi connectivity index (χ2n) is 6.73. The van der Waals surface area contributed by atoms with E-state index in [9.17, 15) is 9.59 Å². The van der Waals surface area contributed by atoms with Gasteiger partial charge in [0.15, 0.2) is 0 Å². The van der Waals surface area contributed by atoms with E-state index in [1.165, 1.54) is 12.0 Å². The second kappa shape index (κ2) is 9.93. The summed E-state index contributed by atoms with van der Waals surface area (Å²) < 4.78 is 4.69. The molecular formula is C21H25ClN4O3. The van der Waals surface area contributed by atoms with Gasteiger partial charge in [-0.3, -0.25) is 10.2 Å². The molecule has 1 saturated heterocycles. The number of methoxy groups -OCH3 is 1. The van der Waals surface area contributed by atoms with Crippen LogP contribution in [0.25, 0.3) is 11.1 Å². The van der Waals surface area contributed by atoms with Crippen LogP contribution >= 0.6 is 12.4 Å². The third-order valence-corrected chi connectivity index (χ3v) is 4.99. The largest absolute Gasteiger partial charge is 0.468 e. The van der Waals surface area contributed by atoms with Gasteiger partial charge >= 0.3 is 12.0 Å². The Bertz CT molecular complexity index is 886. The smallest absolute Gasteiger partial charge is 0.325 e. The first-order chi connectivity index (χ1) is 13.5. The van der Waals surface area contributed by atoms with Crippen molar-refractivity contribution in [2.24, 2.45) is 5.73 Å². The summed E-state index contributed by atoms with van der Waals surface area (Å²) >= 11 is 0. The van der Waals surface area contributed by atoms with Gasteiger partial charge in [-0.05, 0) is 29.5 Å². The number of urea groups is 1. The highest BCUT2D eigenvalue weighted by Crippen LogP contribution is 2.26. The molecule has 4 N–H and O–H groups in total. The van der Waals surface area contributed by atoms with Crippen LogP contribution in [0.1, 0.15) is 17.5 Å². The molecule has 1 heterocycles. The number of rotatable bonds is 7. The fourth-order valence-electron chi connectivity index (χ4n) is 3.42. The van der Waals surface area contributed by atoms with Gasteiger partial charge in [0.1, 0.15) is 12.4 Å². The number of halogens is 1. The minimum atomic E-state index is -0.423. The first-order valence-corrected chi connectivity index (χ1v) is 9.13. The first-order valence-electron chi connectivity index (χ1n) is 9.13. The number of aryl methyl sites for hydroxylation is 1. The maximum absolute atomic E-state index is 12.0. The molecule has 2 aromatic rings. The number of carbonyl (C=O) groups is 2. The number of carbonyl (C=O) groups excluding carboxylic acids is 2. The molecule has 0 saturated carbocycles. The van der Waals surface area contributed by atoms with E-state index in [2.05, 4.69) is 17.4 Å². The zero-order chi connectivity index (χ0) is 20.1. The Hall–Kier alpha value is -3.06. The molecule has 1 fully saturated rings. The van der Waals surface area contributed by atoms with Gasteiger partial charge in [-0.15, -0.1) is 12.4 Å². The van der Waals surface area contributed by atoms with Crippen molar-refractivity contribution in [1.29, 1.82) is 5.41 Å². The Morgan fingerprint density at radius 2 is 1.93 bits per heavy atom. The van der Waals surface area contributed by atoms with E-state index in [1.54, 1.807) is 0 Å². The van der Waals surface area contributed by atoms with Crippen LogP contribution in [0.2, 0.25) is 0 Å². The predicted octanol–water partition coefficient (Wildman–Crippen LogP) is 2.56. The monoisotopic (exact) mass is 416 g/mol. The van der Waals surface area contributed by atoms with Gasteiger partial charge in [0.05, 0.1) is 13.2 Å². The van der Waals surface area contributed by atoms with Crippen LogP contribution in [-0.2, 0) is 16.0 Å². The summed E-state index contributed by atoms with van der Waals surface area (Å²) in [5, 5.41) is 10.3. The molecule has 0 aromatic heterocycles. The minimum absolute atomic E-state index is 0. The minimum Gasteiger partial charge on any atom is -0.468 e. The van der Waals surface area contributed by atoms with Crippen molar-refractivity contribution in [1.82, 2.24) is 10.2 Å². The molecule has 0 radical (unpaired) electrons. The summed E-state index contributed by atoms with van der Waals surface area (Å²) in [5.41, 5.74) is 9.54. The summed E-state index contributed by atoms with van der Waals surface area (Å²) in [5.74, 6) is -0.378. The first kappa shape index (κ1) is 22.2. The number of esters is 1. The molecule has 3 rings (SSSR count). The third-order valence-electron chi connectivity index (χ3n) is 4.99. The number of nitrogens with two attached hydrogens (primary N) is 1. The van der Waals surface area contributed by atoms with Gasteiger partial charge in [-0.25, -0.2) is 4.79 Å². The van der Waals surface area contributed by atoms with Gasteiger partial charge in [-0.2, -0.15) is 0 Å². The van der Waals surface area contributed by atoms with Crippen molar-refractivity contribution in [3.8, 4) is 11.1 Å². The van der Waals surface area contributed by atoms with Gasteiger partial charge in [0.2, 0.25) is 0 Å². The van der Waals surface area contributed by atoms with Gasteiger partial charge in [0, 0.05) is 12.1 Å². The molecule has 1 atom stereocenters. The molecule has 1 aliphatic rings. The number of nitrogens with zero attached hydrogens (tertiary/aromatic N) is 1. The molecule has 29 heavy (non-hydrogen) atoms. The van der Waals surface area contributed by atoms with E-state index >= 15 is 0 Å². The van der Waals surface area contributed by atoms with Gasteiger partial charge in [-0.1, -0.05) is 48.5 Å². The average Bonchev–Trinajstić information content (AvgIpc) is 3.06. The quantitative estimate of drug-likeness (QED) is 0.366. The Labute approximate surface area is 176 Å². The van der Waals surface area contributed by atoms with Crippen LogP contribution in [0.3, 0.4) is 0 Å². The van der Waals surface area contributed by atoms with Crippen molar-refractivity contribution in [2.75, 3.05) is 20.2 Å². The van der Waals surface area contributed by atoms with Crippen molar-refractivity contribution in [3.63, 3.8) is 0 Å². The normalized spacial score (nSPS) is 15.4. The van der Waals surface area contributed by atoms with Crippen LogP contribution < -0.4 is 11.1 Å². The van der Waals surface area contributed by atoms with E-state index < -0.39 is 5.97 Å². The molecule has 2 aromatic carbocycles. The van der Waals surface area contributed by atoms with Gasteiger partial charge < -0.3 is 20.7 Å². The zero-order valence-electron chi connectivity index (χ0n) is 16.2. The number of amidine groups is 1. The van der Waals surface area contributed by atoms with Gasteiger partial charge in [0.25, 0.3) is 0 Å². The second-order valence-corrected chi connectivity index (χ2v) is 6.73. The highest BCUT2D eigenvalue weighted by atomic mass is 35.5. The lowest BCUT2D eigenvalue weighted by Crippen LogP contribution is -2.39. The summed E-state index contributed by atoms with van der Waals surface area (Å²) in [6, 6.07) is 15.4. The lowest BCUT2D eigenvalue weighted by Gasteiger charge is -2.22. The van der Waals surface area contributed by atoms with E-state index in [1.807, 2.05) is 36.4 Å². The maximum Gasteiger partial charge on any atom is 0.325 e. The summed E-state index contributed by atoms with van der Waals surface area (Å²) in [6.07, 6.45) is 1.50. The van der Waals surface area contributed by atoms with Crippen molar-refractivity contribution < 1.29 is 14.3 Å². The molecule has 7 nitrogen and oxygen atoms in total. The Morgan fingerprint density at radius 3 is 2.59 bits per heavy atom. The predicted molar refractivity (Wildman–Crippen MR) is 114 cm³/mol. The lowest BCUT2D eigenvalue weighted by molar-refractivity contribution is -0.141. The molecule has 1 unspecified atom stereocenters. The number of hydrogen-bond donors (Lipinski definition) is 3. The van der Waals surface area contributed by atoms with E-state index in [4.69, 9.17) is 15.9 Å². The van der Waals surface area contributed by atoms with E-state index in [-0.39, 0.29) is 36.9 Å². The molecule has 0 bridgehead atoms. The molecule has 0 spiro atoms. The Balaban J connectivity index is 0.00000300. The van der Waals surface area contributed by atoms with Crippen LogP contribution in [0.4, 0.5) is 4.79 Å². The molecular weight excluding hydrogens is 392 g/mol. The maximum atomic E-state index is 12.0. The highest BCUT2D eigenvalue weighted by Gasteiger charge is 2.32. The number of amides is 2. The van der Waals surface area contributed by atoms with Crippen LogP contribution in [-0.4, -0.2) is 49.0 Å². The molecule has 154 valence electrons. The van der Waals surface area contributed by atoms with Crippen molar-refractivity contribution >= 4 is 30.2 Å². The Morgan fingerprint density at radius 1 is 1.24 bits per heavy atom. The van der Waals surface area contributed by atoms with E-state index in [0.717, 1.165) is 29.5 Å². The fraction of sp³-hybridized carbons (Fsp3) is 0.286. The standard InChI is InChI=1S/C21H24N4O3.ClH/c1-28-19(26)13-25-17(12-24-21(25)27)11-10-14-4-2-3-5-18(14)15-6-8-16(9-7-15)20(22)23;/h2-9,17H,10-13H2,1H3,(H3,22,23)(H,24,27);1H. The average molecular weight is 417 g/mol. The zero-order valence-corrected chi connectivity index (χ0v) is 17.0. The molecule has 0 aliphatic carbocycles. The number of benzene rings is 2. The molecule has 8 heteroatoms. The number of hydrogen-bond acceptors (Lipinski definition) is 4. The van der Waals surface area contributed by atoms with E-state index in [0.29, 0.717) is 12.1 Å². The van der Waals surface area contributed by atoms with Crippen LogP contribution in [0, 0.1) is 5.41 Å². The Kier molecular flexibility index (Phi) is 7.61. The third kappa shape index (κ3) is 5.26. The molecule has 2 amide bonds. The number of ether oxygens (including phenoxy) is 1. The number of nitrogens with one attached hydrogen (secondary N) is 2. The molecule has 1 aliphatic heterocycles. The summed E-state index contributed by atoms with van der Waals surface area (Å²) in [4.78, 5) is 25.1. The summed E-state index contributed by atoms with van der Waals surface area (Å²) in [7, 11) is 1.32. The van der Waals surface area contributed by atoms with Crippen LogP contribution in [0.5, 0.6) is 0 Å².